The fourth-order valence-electron chi connectivity index (χ4n) is 0.846. The summed E-state index contributed by atoms with van der Waals surface area (Å²) in [5, 5.41) is 3.04. The second-order valence-electron chi connectivity index (χ2n) is 3.82. The van der Waals surface area contributed by atoms with Crippen molar-refractivity contribution in [3.05, 3.63) is 12.3 Å². The van der Waals surface area contributed by atoms with E-state index in [1.54, 1.807) is 6.20 Å². The van der Waals surface area contributed by atoms with Gasteiger partial charge in [0.2, 0.25) is 0 Å². The maximum atomic E-state index is 9.87. The van der Waals surface area contributed by atoms with Crippen LogP contribution in [0.1, 0.15) is 6.42 Å². The number of aldehydes is 1. The summed E-state index contributed by atoms with van der Waals surface area (Å²) in [7, 11) is 6.50. The SMILES string of the molecule is C[N+](C)(C)CCCNC=CC=O. The zero-order chi connectivity index (χ0) is 9.45. The predicted molar refractivity (Wildman–Crippen MR) is 50.7 cm³/mol. The highest BCUT2D eigenvalue weighted by molar-refractivity contribution is 5.64. The first kappa shape index (κ1) is 11.2. The van der Waals surface area contributed by atoms with Crippen LogP contribution in [0.25, 0.3) is 0 Å². The lowest BCUT2D eigenvalue weighted by Crippen LogP contribution is -2.36. The van der Waals surface area contributed by atoms with Crippen molar-refractivity contribution in [2.75, 3.05) is 34.2 Å². The molecule has 1 N–H and O–H groups in total. The van der Waals surface area contributed by atoms with Gasteiger partial charge in [-0.2, -0.15) is 0 Å². The Balaban J connectivity index is 3.22. The second-order valence-corrected chi connectivity index (χ2v) is 3.82. The van der Waals surface area contributed by atoms with Gasteiger partial charge in [0.1, 0.15) is 6.29 Å². The third-order valence-corrected chi connectivity index (χ3v) is 1.44. The molecule has 0 saturated heterocycles. The van der Waals surface area contributed by atoms with Crippen LogP contribution in [0, 0.1) is 0 Å². The highest BCUT2D eigenvalue weighted by Gasteiger charge is 2.04. The Morgan fingerprint density at radius 3 is 2.50 bits per heavy atom. The van der Waals surface area contributed by atoms with Crippen LogP contribution < -0.4 is 5.32 Å². The first-order chi connectivity index (χ1) is 5.56. The van der Waals surface area contributed by atoms with Gasteiger partial charge in [0, 0.05) is 13.0 Å². The third-order valence-electron chi connectivity index (χ3n) is 1.44. The molecule has 0 heterocycles. The Labute approximate surface area is 74.7 Å². The molecule has 0 aliphatic rings. The number of quaternary nitrogens is 1. The van der Waals surface area contributed by atoms with Crippen LogP contribution in [-0.2, 0) is 4.79 Å². The van der Waals surface area contributed by atoms with E-state index < -0.39 is 0 Å². The molecule has 3 heteroatoms. The Morgan fingerprint density at radius 2 is 2.00 bits per heavy atom. The van der Waals surface area contributed by atoms with Crippen molar-refractivity contribution < 1.29 is 9.28 Å². The summed E-state index contributed by atoms with van der Waals surface area (Å²) in [6.07, 6.45) is 5.04. The molecular formula is C9H19N2O+. The quantitative estimate of drug-likeness (QED) is 0.271. The molecule has 12 heavy (non-hydrogen) atoms. The van der Waals surface area contributed by atoms with Crippen molar-refractivity contribution in [3.63, 3.8) is 0 Å². The zero-order valence-electron chi connectivity index (χ0n) is 8.21. The molecule has 0 aromatic carbocycles. The maximum Gasteiger partial charge on any atom is 0.144 e. The number of hydrogen-bond donors (Lipinski definition) is 1. The minimum Gasteiger partial charge on any atom is -0.391 e. The van der Waals surface area contributed by atoms with Crippen LogP contribution >= 0.6 is 0 Å². The van der Waals surface area contributed by atoms with E-state index in [1.165, 1.54) is 6.08 Å². The van der Waals surface area contributed by atoms with Crippen molar-refractivity contribution >= 4 is 6.29 Å². The van der Waals surface area contributed by atoms with Gasteiger partial charge in [0.25, 0.3) is 0 Å². The molecule has 0 amide bonds. The number of carbonyl (C=O) groups excluding carboxylic acids is 1. The molecule has 0 aromatic heterocycles. The van der Waals surface area contributed by atoms with Crippen LogP contribution in [0.15, 0.2) is 12.3 Å². The van der Waals surface area contributed by atoms with Crippen molar-refractivity contribution in [2.45, 2.75) is 6.42 Å². The van der Waals surface area contributed by atoms with Crippen molar-refractivity contribution in [3.8, 4) is 0 Å². The van der Waals surface area contributed by atoms with E-state index in [1.807, 2.05) is 0 Å². The first-order valence-electron chi connectivity index (χ1n) is 4.20. The third kappa shape index (κ3) is 9.17. The van der Waals surface area contributed by atoms with E-state index >= 15 is 0 Å². The summed E-state index contributed by atoms with van der Waals surface area (Å²) in [6, 6.07) is 0. The fourth-order valence-corrected chi connectivity index (χ4v) is 0.846. The summed E-state index contributed by atoms with van der Waals surface area (Å²) < 4.78 is 0.985. The summed E-state index contributed by atoms with van der Waals surface area (Å²) >= 11 is 0. The number of nitrogens with zero attached hydrogens (tertiary/aromatic N) is 1. The van der Waals surface area contributed by atoms with Crippen molar-refractivity contribution in [2.24, 2.45) is 0 Å². The zero-order valence-corrected chi connectivity index (χ0v) is 8.21. The number of nitrogens with one attached hydrogen (secondary N) is 1. The molecule has 0 fully saturated rings. The Bertz CT molecular complexity index is 147. The number of carbonyl (C=O) groups is 1. The van der Waals surface area contributed by atoms with Gasteiger partial charge in [0.05, 0.1) is 27.7 Å². The van der Waals surface area contributed by atoms with Crippen molar-refractivity contribution in [1.29, 1.82) is 0 Å². The van der Waals surface area contributed by atoms with Gasteiger partial charge < -0.3 is 9.80 Å². The monoisotopic (exact) mass is 171 g/mol. The molecule has 0 bridgehead atoms. The first-order valence-corrected chi connectivity index (χ1v) is 4.20. The lowest BCUT2D eigenvalue weighted by Gasteiger charge is -2.23. The summed E-state index contributed by atoms with van der Waals surface area (Å²) in [5.74, 6) is 0. The largest absolute Gasteiger partial charge is 0.391 e. The Hall–Kier alpha value is -0.830. The molecule has 0 radical (unpaired) electrons. The topological polar surface area (TPSA) is 29.1 Å². The van der Waals surface area contributed by atoms with E-state index in [2.05, 4.69) is 26.5 Å². The van der Waals surface area contributed by atoms with E-state index in [0.717, 1.165) is 30.3 Å². The van der Waals surface area contributed by atoms with Crippen LogP contribution in [0.2, 0.25) is 0 Å². The summed E-state index contributed by atoms with van der Waals surface area (Å²) in [4.78, 5) is 9.87. The highest BCUT2D eigenvalue weighted by Crippen LogP contribution is 1.91. The van der Waals surface area contributed by atoms with Gasteiger partial charge in [-0.05, 0) is 12.3 Å². The number of allylic oxidation sites excluding steroid dienone is 1. The van der Waals surface area contributed by atoms with Crippen LogP contribution in [0.5, 0.6) is 0 Å². The molecule has 0 unspecified atom stereocenters. The second kappa shape index (κ2) is 5.77. The average Bonchev–Trinajstić information content (AvgIpc) is 1.94. The molecule has 3 nitrogen and oxygen atoms in total. The molecule has 0 aliphatic heterocycles. The van der Waals surface area contributed by atoms with Gasteiger partial charge in [-0.15, -0.1) is 0 Å². The van der Waals surface area contributed by atoms with Crippen LogP contribution in [0.3, 0.4) is 0 Å². The molecule has 0 aliphatic carbocycles. The molecule has 0 atom stereocenters. The smallest absolute Gasteiger partial charge is 0.144 e. The van der Waals surface area contributed by atoms with E-state index in [-0.39, 0.29) is 0 Å². The van der Waals surface area contributed by atoms with Gasteiger partial charge in [-0.25, -0.2) is 0 Å². The molecule has 0 spiro atoms. The summed E-state index contributed by atoms with van der Waals surface area (Å²) in [5.41, 5.74) is 0. The van der Waals surface area contributed by atoms with Crippen molar-refractivity contribution in [1.82, 2.24) is 5.32 Å². The predicted octanol–water partition coefficient (Wildman–Crippen LogP) is 0.385. The molecule has 0 aromatic rings. The minimum atomic E-state index is 0.771. The molecular weight excluding hydrogens is 152 g/mol. The standard InChI is InChI=1S/C9H18N2O/c1-11(2,3)8-4-6-10-7-5-9-12/h5,7,9H,4,6,8H2,1-3H3/p+1. The van der Waals surface area contributed by atoms with Gasteiger partial charge in [0.15, 0.2) is 0 Å². The molecule has 0 saturated carbocycles. The normalized spacial score (nSPS) is 11.9. The molecule has 0 rings (SSSR count). The highest BCUT2D eigenvalue weighted by atomic mass is 16.1. The summed E-state index contributed by atoms with van der Waals surface area (Å²) in [6.45, 7) is 2.07. The Morgan fingerprint density at radius 1 is 1.33 bits per heavy atom. The maximum absolute atomic E-state index is 9.87. The van der Waals surface area contributed by atoms with Crippen LogP contribution in [0.4, 0.5) is 0 Å². The lowest BCUT2D eigenvalue weighted by molar-refractivity contribution is -0.870. The fraction of sp³-hybridized carbons (Fsp3) is 0.667. The van der Waals surface area contributed by atoms with Gasteiger partial charge >= 0.3 is 0 Å². The molecule has 70 valence electrons. The van der Waals surface area contributed by atoms with E-state index in [4.69, 9.17) is 0 Å². The van der Waals surface area contributed by atoms with Gasteiger partial charge in [-0.3, -0.25) is 4.79 Å². The lowest BCUT2D eigenvalue weighted by atomic mass is 10.4. The van der Waals surface area contributed by atoms with Crippen LogP contribution in [-0.4, -0.2) is 45.0 Å². The average molecular weight is 171 g/mol. The number of hydrogen-bond acceptors (Lipinski definition) is 2. The van der Waals surface area contributed by atoms with E-state index in [0.29, 0.717) is 0 Å². The van der Waals surface area contributed by atoms with E-state index in [9.17, 15) is 4.79 Å². The Kier molecular flexibility index (Phi) is 5.37. The van der Waals surface area contributed by atoms with Gasteiger partial charge in [-0.1, -0.05) is 0 Å². The number of rotatable bonds is 6. The minimum absolute atomic E-state index is 0.771.